The van der Waals surface area contributed by atoms with Crippen molar-refractivity contribution in [3.8, 4) is 0 Å². The lowest BCUT2D eigenvalue weighted by Gasteiger charge is -2.43. The minimum atomic E-state index is -0.813. The minimum absolute atomic E-state index is 0.0655. The van der Waals surface area contributed by atoms with E-state index in [1.165, 1.54) is 6.42 Å². The van der Waals surface area contributed by atoms with Crippen LogP contribution in [0.15, 0.2) is 6.07 Å². The highest BCUT2D eigenvalue weighted by Crippen LogP contribution is 2.63. The molecular weight excluding hydrogens is 260 g/mol. The van der Waals surface area contributed by atoms with Crippen LogP contribution in [0.25, 0.3) is 0 Å². The van der Waals surface area contributed by atoms with Crippen molar-refractivity contribution in [2.75, 3.05) is 11.1 Å². The van der Waals surface area contributed by atoms with Crippen LogP contribution in [0.1, 0.15) is 40.0 Å². The summed E-state index contributed by atoms with van der Waals surface area (Å²) in [4.78, 5) is 3.83. The summed E-state index contributed by atoms with van der Waals surface area (Å²) in [5.74, 6) is -1.05. The van der Waals surface area contributed by atoms with Crippen molar-refractivity contribution in [3.63, 3.8) is 0 Å². The van der Waals surface area contributed by atoms with Gasteiger partial charge >= 0.3 is 0 Å². The van der Waals surface area contributed by atoms with Crippen molar-refractivity contribution in [2.45, 2.75) is 46.1 Å². The number of nitrogens with zero attached hydrogens (tertiary/aromatic N) is 1. The SMILES string of the molecule is CC12CCC(C1)C(C)(C)C2Nc1nc(N)c(F)cc1F. The number of hydrogen-bond acceptors (Lipinski definition) is 3. The van der Waals surface area contributed by atoms with Gasteiger partial charge in [-0.1, -0.05) is 20.8 Å². The van der Waals surface area contributed by atoms with Crippen LogP contribution in [0.2, 0.25) is 0 Å². The van der Waals surface area contributed by atoms with Gasteiger partial charge in [0.15, 0.2) is 23.3 Å². The van der Waals surface area contributed by atoms with E-state index in [2.05, 4.69) is 31.1 Å². The molecule has 0 saturated heterocycles. The number of nitrogens with two attached hydrogens (primary N) is 1. The van der Waals surface area contributed by atoms with Gasteiger partial charge in [0.05, 0.1) is 0 Å². The van der Waals surface area contributed by atoms with Crippen molar-refractivity contribution in [2.24, 2.45) is 16.7 Å². The van der Waals surface area contributed by atoms with Gasteiger partial charge in [-0.2, -0.15) is 0 Å². The molecule has 1 aromatic heterocycles. The third-order valence-corrected chi connectivity index (χ3v) is 5.51. The Hall–Kier alpha value is -1.39. The normalized spacial score (nSPS) is 34.5. The third kappa shape index (κ3) is 1.79. The first-order valence-corrected chi connectivity index (χ1v) is 7.12. The molecule has 3 nitrogen and oxygen atoms in total. The van der Waals surface area contributed by atoms with Crippen molar-refractivity contribution in [1.29, 1.82) is 0 Å². The Morgan fingerprint density at radius 2 is 2.00 bits per heavy atom. The van der Waals surface area contributed by atoms with Gasteiger partial charge in [-0.15, -0.1) is 0 Å². The molecule has 2 aliphatic carbocycles. The van der Waals surface area contributed by atoms with E-state index >= 15 is 0 Å². The van der Waals surface area contributed by atoms with Crippen LogP contribution >= 0.6 is 0 Å². The molecule has 3 atom stereocenters. The highest BCUT2D eigenvalue weighted by Gasteiger charge is 2.59. The van der Waals surface area contributed by atoms with E-state index in [0.717, 1.165) is 18.9 Å². The summed E-state index contributed by atoms with van der Waals surface area (Å²) >= 11 is 0. The standard InChI is InChI=1S/C15H21F2N3/c1-14(2)8-4-5-15(3,7-8)13(14)20-12-10(17)6-9(16)11(18)19-12/h6,8,13H,4-5,7H2,1-3H3,(H3,18,19,20). The van der Waals surface area contributed by atoms with E-state index in [-0.39, 0.29) is 28.5 Å². The first-order chi connectivity index (χ1) is 9.24. The minimum Gasteiger partial charge on any atom is -0.381 e. The second-order valence-electron chi connectivity index (χ2n) is 7.18. The Bertz CT molecular complexity index is 554. The van der Waals surface area contributed by atoms with Gasteiger partial charge in [0, 0.05) is 12.1 Å². The topological polar surface area (TPSA) is 50.9 Å². The van der Waals surface area contributed by atoms with E-state index in [1.54, 1.807) is 0 Å². The number of pyridine rings is 1. The zero-order valence-electron chi connectivity index (χ0n) is 12.1. The van der Waals surface area contributed by atoms with Crippen LogP contribution < -0.4 is 11.1 Å². The lowest BCUT2D eigenvalue weighted by molar-refractivity contribution is 0.155. The second-order valence-corrected chi connectivity index (χ2v) is 7.18. The second kappa shape index (κ2) is 4.06. The first-order valence-electron chi connectivity index (χ1n) is 7.12. The van der Waals surface area contributed by atoms with Gasteiger partial charge < -0.3 is 11.1 Å². The quantitative estimate of drug-likeness (QED) is 0.871. The van der Waals surface area contributed by atoms with Crippen molar-refractivity contribution in [1.82, 2.24) is 4.98 Å². The molecule has 0 spiro atoms. The molecule has 2 saturated carbocycles. The fraction of sp³-hybridized carbons (Fsp3) is 0.667. The Labute approximate surface area is 118 Å². The molecule has 1 aromatic rings. The molecule has 110 valence electrons. The smallest absolute Gasteiger partial charge is 0.168 e. The third-order valence-electron chi connectivity index (χ3n) is 5.51. The van der Waals surface area contributed by atoms with E-state index in [0.29, 0.717) is 5.92 Å². The zero-order valence-corrected chi connectivity index (χ0v) is 12.1. The molecule has 0 aromatic carbocycles. The number of rotatable bonds is 2. The monoisotopic (exact) mass is 281 g/mol. The van der Waals surface area contributed by atoms with Gasteiger partial charge in [-0.3, -0.25) is 0 Å². The summed E-state index contributed by atoms with van der Waals surface area (Å²) in [6.07, 6.45) is 3.51. The molecule has 2 bridgehead atoms. The molecule has 0 aliphatic heterocycles. The molecular formula is C15H21F2N3. The van der Waals surface area contributed by atoms with Crippen molar-refractivity contribution in [3.05, 3.63) is 17.7 Å². The van der Waals surface area contributed by atoms with Gasteiger partial charge in [0.1, 0.15) is 0 Å². The summed E-state index contributed by atoms with van der Waals surface area (Å²) in [6, 6.07) is 0.924. The van der Waals surface area contributed by atoms with Crippen LogP contribution in [0, 0.1) is 28.4 Å². The maximum absolute atomic E-state index is 13.9. The predicted molar refractivity (Wildman–Crippen MR) is 75.2 cm³/mol. The largest absolute Gasteiger partial charge is 0.381 e. The van der Waals surface area contributed by atoms with E-state index in [1.807, 2.05) is 0 Å². The molecule has 2 fully saturated rings. The molecule has 20 heavy (non-hydrogen) atoms. The number of halogens is 2. The highest BCUT2D eigenvalue weighted by molar-refractivity contribution is 5.46. The number of hydrogen-bond donors (Lipinski definition) is 2. The summed E-state index contributed by atoms with van der Waals surface area (Å²) in [5, 5.41) is 3.21. The lowest BCUT2D eigenvalue weighted by Crippen LogP contribution is -2.46. The molecule has 5 heteroatoms. The van der Waals surface area contributed by atoms with Crippen LogP contribution in [-0.2, 0) is 0 Å². The average Bonchev–Trinajstić information content (AvgIpc) is 2.82. The zero-order chi connectivity index (χ0) is 14.7. The fourth-order valence-corrected chi connectivity index (χ4v) is 4.38. The summed E-state index contributed by atoms with van der Waals surface area (Å²) in [5.41, 5.74) is 5.67. The Morgan fingerprint density at radius 1 is 1.30 bits per heavy atom. The van der Waals surface area contributed by atoms with E-state index < -0.39 is 11.6 Å². The number of nitrogens with one attached hydrogen (secondary N) is 1. The lowest BCUT2D eigenvalue weighted by atomic mass is 9.68. The molecule has 2 aliphatic rings. The molecule has 1 heterocycles. The first kappa shape index (κ1) is 13.6. The molecule has 0 amide bonds. The van der Waals surface area contributed by atoms with E-state index in [9.17, 15) is 8.78 Å². The van der Waals surface area contributed by atoms with Crippen LogP contribution in [0.5, 0.6) is 0 Å². The number of fused-ring (bicyclic) bond motifs is 2. The van der Waals surface area contributed by atoms with E-state index in [4.69, 9.17) is 5.73 Å². The summed E-state index contributed by atoms with van der Waals surface area (Å²) < 4.78 is 27.1. The van der Waals surface area contributed by atoms with Crippen molar-refractivity contribution < 1.29 is 8.78 Å². The van der Waals surface area contributed by atoms with Gasteiger partial charge in [-0.05, 0) is 36.0 Å². The molecule has 3 rings (SSSR count). The fourth-order valence-electron chi connectivity index (χ4n) is 4.38. The highest BCUT2D eigenvalue weighted by atomic mass is 19.1. The van der Waals surface area contributed by atoms with Gasteiger partial charge in [0.2, 0.25) is 0 Å². The Morgan fingerprint density at radius 3 is 2.60 bits per heavy atom. The number of anilines is 2. The summed E-state index contributed by atoms with van der Waals surface area (Å²) in [7, 11) is 0. The van der Waals surface area contributed by atoms with Gasteiger partial charge in [-0.25, -0.2) is 13.8 Å². The Kier molecular flexibility index (Phi) is 2.76. The van der Waals surface area contributed by atoms with Crippen molar-refractivity contribution >= 4 is 11.6 Å². The summed E-state index contributed by atoms with van der Waals surface area (Å²) in [6.45, 7) is 6.67. The number of aromatic nitrogens is 1. The maximum atomic E-state index is 13.9. The molecule has 3 N–H and O–H groups in total. The van der Waals surface area contributed by atoms with Crippen LogP contribution in [-0.4, -0.2) is 11.0 Å². The predicted octanol–water partition coefficient (Wildman–Crippen LogP) is 3.57. The molecule has 0 radical (unpaired) electrons. The van der Waals surface area contributed by atoms with Gasteiger partial charge in [0.25, 0.3) is 0 Å². The molecule has 3 unspecified atom stereocenters. The Balaban J connectivity index is 1.93. The number of nitrogen functional groups attached to an aromatic ring is 1. The average molecular weight is 281 g/mol. The maximum Gasteiger partial charge on any atom is 0.168 e. The van der Waals surface area contributed by atoms with Crippen LogP contribution in [0.4, 0.5) is 20.4 Å². The van der Waals surface area contributed by atoms with Crippen LogP contribution in [0.3, 0.4) is 0 Å².